The number of benzene rings is 1. The van der Waals surface area contributed by atoms with Crippen LogP contribution >= 0.6 is 0 Å². The monoisotopic (exact) mass is 302 g/mol. The maximum absolute atomic E-state index is 11.8. The van der Waals surface area contributed by atoms with E-state index in [1.54, 1.807) is 13.8 Å². The third-order valence-electron chi connectivity index (χ3n) is 2.26. The van der Waals surface area contributed by atoms with Gasteiger partial charge in [0.2, 0.25) is 10.0 Å². The average molecular weight is 302 g/mol. The molecule has 9 heteroatoms. The molecule has 1 aromatic rings. The molecule has 0 radical (unpaired) electrons. The Balaban J connectivity index is 3.19. The van der Waals surface area contributed by atoms with Crippen molar-refractivity contribution in [3.63, 3.8) is 0 Å². The van der Waals surface area contributed by atoms with Crippen LogP contribution in [0.2, 0.25) is 0 Å². The molecule has 0 amide bonds. The van der Waals surface area contributed by atoms with Gasteiger partial charge in [-0.05, 0) is 12.0 Å². The zero-order chi connectivity index (χ0) is 15.5. The molecule has 20 heavy (non-hydrogen) atoms. The lowest BCUT2D eigenvalue weighted by atomic mass is 10.1. The summed E-state index contributed by atoms with van der Waals surface area (Å²) in [6.45, 7) is 3.40. The van der Waals surface area contributed by atoms with E-state index < -0.39 is 32.2 Å². The number of carboxylic acids is 1. The van der Waals surface area contributed by atoms with Gasteiger partial charge in [-0.2, -0.15) is 0 Å². The van der Waals surface area contributed by atoms with Crippen LogP contribution in [0, 0.1) is 16.0 Å². The standard InChI is InChI=1S/C11H14N2O6S/c1-7(2)6-20(18,19)12-10-4-3-8(13(16)17)5-9(10)11(14)15/h3-5,7,12H,6H2,1-2H3,(H,14,15). The molecule has 0 spiro atoms. The minimum absolute atomic E-state index is 0.140. The number of nitrogens with one attached hydrogen (secondary N) is 1. The Bertz CT molecular complexity index is 638. The number of carbonyl (C=O) groups is 1. The molecule has 0 aliphatic rings. The Morgan fingerprint density at radius 3 is 2.50 bits per heavy atom. The van der Waals surface area contributed by atoms with Crippen molar-refractivity contribution >= 4 is 27.4 Å². The number of nitro benzene ring substituents is 1. The normalized spacial score (nSPS) is 11.3. The third-order valence-corrected chi connectivity index (χ3v) is 3.90. The van der Waals surface area contributed by atoms with Crippen LogP contribution in [-0.4, -0.2) is 30.2 Å². The SMILES string of the molecule is CC(C)CS(=O)(=O)Nc1ccc([N+](=O)[O-])cc1C(=O)O. The smallest absolute Gasteiger partial charge is 0.338 e. The molecule has 0 unspecified atom stereocenters. The van der Waals surface area contributed by atoms with Gasteiger partial charge >= 0.3 is 5.97 Å². The van der Waals surface area contributed by atoms with Crippen LogP contribution in [0.5, 0.6) is 0 Å². The Labute approximate surface area is 115 Å². The molecule has 0 atom stereocenters. The summed E-state index contributed by atoms with van der Waals surface area (Å²) in [5.41, 5.74) is -1.08. The van der Waals surface area contributed by atoms with E-state index in [-0.39, 0.29) is 17.4 Å². The summed E-state index contributed by atoms with van der Waals surface area (Å²) < 4.78 is 25.7. The predicted octanol–water partition coefficient (Wildman–Crippen LogP) is 1.69. The fourth-order valence-electron chi connectivity index (χ4n) is 1.56. The van der Waals surface area contributed by atoms with Crippen LogP contribution in [0.4, 0.5) is 11.4 Å². The Kier molecular flexibility index (Phi) is 4.66. The van der Waals surface area contributed by atoms with Crippen LogP contribution in [0.3, 0.4) is 0 Å². The summed E-state index contributed by atoms with van der Waals surface area (Å²) in [5.74, 6) is -1.77. The van der Waals surface area contributed by atoms with Gasteiger partial charge in [-0.25, -0.2) is 13.2 Å². The molecule has 8 nitrogen and oxygen atoms in total. The molecular formula is C11H14N2O6S. The van der Waals surface area contributed by atoms with Gasteiger partial charge in [-0.1, -0.05) is 13.8 Å². The van der Waals surface area contributed by atoms with E-state index in [4.69, 9.17) is 5.11 Å². The first-order valence-electron chi connectivity index (χ1n) is 5.64. The molecule has 0 saturated carbocycles. The number of non-ortho nitro benzene ring substituents is 1. The second-order valence-corrected chi connectivity index (χ2v) is 6.34. The zero-order valence-corrected chi connectivity index (χ0v) is 11.7. The Morgan fingerprint density at radius 1 is 1.45 bits per heavy atom. The summed E-state index contributed by atoms with van der Waals surface area (Å²) >= 11 is 0. The number of nitro groups is 1. The topological polar surface area (TPSA) is 127 Å². The number of nitrogens with zero attached hydrogens (tertiary/aromatic N) is 1. The van der Waals surface area contributed by atoms with Crippen molar-refractivity contribution in [2.24, 2.45) is 5.92 Å². The fraction of sp³-hybridized carbons (Fsp3) is 0.364. The molecule has 0 bridgehead atoms. The second kappa shape index (κ2) is 5.87. The maximum atomic E-state index is 11.8. The van der Waals surface area contributed by atoms with Gasteiger partial charge < -0.3 is 5.11 Å². The molecule has 0 aliphatic heterocycles. The molecule has 2 N–H and O–H groups in total. The summed E-state index contributed by atoms with van der Waals surface area (Å²) in [5, 5.41) is 19.6. The lowest BCUT2D eigenvalue weighted by Gasteiger charge is -2.11. The second-order valence-electron chi connectivity index (χ2n) is 4.57. The predicted molar refractivity (Wildman–Crippen MR) is 72.3 cm³/mol. The summed E-state index contributed by atoms with van der Waals surface area (Å²) in [7, 11) is -3.71. The van der Waals surface area contributed by atoms with E-state index in [1.165, 1.54) is 0 Å². The minimum Gasteiger partial charge on any atom is -0.478 e. The number of carboxylic acid groups (broad SMARTS) is 1. The largest absolute Gasteiger partial charge is 0.478 e. The highest BCUT2D eigenvalue weighted by atomic mass is 32.2. The molecule has 0 saturated heterocycles. The maximum Gasteiger partial charge on any atom is 0.338 e. The lowest BCUT2D eigenvalue weighted by Crippen LogP contribution is -2.21. The quantitative estimate of drug-likeness (QED) is 0.608. The van der Waals surface area contributed by atoms with Gasteiger partial charge in [-0.15, -0.1) is 0 Å². The van der Waals surface area contributed by atoms with E-state index in [2.05, 4.69) is 4.72 Å². The number of aromatic carboxylic acids is 1. The van der Waals surface area contributed by atoms with Gasteiger partial charge in [0.05, 0.1) is 21.9 Å². The van der Waals surface area contributed by atoms with Gasteiger partial charge in [0.1, 0.15) is 0 Å². The van der Waals surface area contributed by atoms with Crippen LogP contribution in [-0.2, 0) is 10.0 Å². The summed E-state index contributed by atoms with van der Waals surface area (Å²) in [6.07, 6.45) is 0. The molecule has 0 aromatic heterocycles. The van der Waals surface area contributed by atoms with Crippen molar-refractivity contribution in [2.75, 3.05) is 10.5 Å². The molecule has 0 heterocycles. The highest BCUT2D eigenvalue weighted by molar-refractivity contribution is 7.92. The van der Waals surface area contributed by atoms with Crippen LogP contribution in [0.15, 0.2) is 18.2 Å². The minimum atomic E-state index is -3.71. The first kappa shape index (κ1) is 15.9. The van der Waals surface area contributed by atoms with Gasteiger partial charge in [0.25, 0.3) is 5.69 Å². The van der Waals surface area contributed by atoms with Crippen molar-refractivity contribution in [1.82, 2.24) is 0 Å². The van der Waals surface area contributed by atoms with Crippen molar-refractivity contribution in [2.45, 2.75) is 13.8 Å². The van der Waals surface area contributed by atoms with E-state index in [9.17, 15) is 23.3 Å². The first-order chi connectivity index (χ1) is 9.12. The number of sulfonamides is 1. The summed E-state index contributed by atoms with van der Waals surface area (Å²) in [4.78, 5) is 20.9. The molecule has 0 fully saturated rings. The van der Waals surface area contributed by atoms with Crippen molar-refractivity contribution in [3.8, 4) is 0 Å². The molecule has 110 valence electrons. The van der Waals surface area contributed by atoms with Crippen molar-refractivity contribution in [1.29, 1.82) is 0 Å². The molecule has 0 aliphatic carbocycles. The number of hydrogen-bond donors (Lipinski definition) is 2. The number of rotatable bonds is 6. The molecular weight excluding hydrogens is 288 g/mol. The highest BCUT2D eigenvalue weighted by Crippen LogP contribution is 2.23. The van der Waals surface area contributed by atoms with Gasteiger partial charge in [0, 0.05) is 12.1 Å². The van der Waals surface area contributed by atoms with Crippen LogP contribution in [0.25, 0.3) is 0 Å². The van der Waals surface area contributed by atoms with Crippen molar-refractivity contribution < 1.29 is 23.2 Å². The third kappa shape index (κ3) is 4.19. The average Bonchev–Trinajstić information content (AvgIpc) is 2.26. The van der Waals surface area contributed by atoms with E-state index in [0.717, 1.165) is 18.2 Å². The van der Waals surface area contributed by atoms with Crippen molar-refractivity contribution in [3.05, 3.63) is 33.9 Å². The van der Waals surface area contributed by atoms with Gasteiger partial charge in [0.15, 0.2) is 0 Å². The van der Waals surface area contributed by atoms with E-state index in [0.29, 0.717) is 0 Å². The first-order valence-corrected chi connectivity index (χ1v) is 7.30. The van der Waals surface area contributed by atoms with Gasteiger partial charge in [-0.3, -0.25) is 14.8 Å². The zero-order valence-electron chi connectivity index (χ0n) is 10.9. The van der Waals surface area contributed by atoms with Crippen LogP contribution < -0.4 is 4.72 Å². The fourth-order valence-corrected chi connectivity index (χ4v) is 3.03. The van der Waals surface area contributed by atoms with E-state index in [1.807, 2.05) is 0 Å². The van der Waals surface area contributed by atoms with E-state index >= 15 is 0 Å². The Morgan fingerprint density at radius 2 is 2.05 bits per heavy atom. The lowest BCUT2D eigenvalue weighted by molar-refractivity contribution is -0.384. The number of anilines is 1. The highest BCUT2D eigenvalue weighted by Gasteiger charge is 2.20. The van der Waals surface area contributed by atoms with Crippen LogP contribution in [0.1, 0.15) is 24.2 Å². The Hall–Kier alpha value is -2.16. The number of hydrogen-bond acceptors (Lipinski definition) is 5. The molecule has 1 rings (SSSR count). The molecule has 1 aromatic carbocycles. The summed E-state index contributed by atoms with van der Waals surface area (Å²) in [6, 6.07) is 2.93.